The second kappa shape index (κ2) is 7.84. The molecule has 1 N–H and O–H groups in total. The standard InChI is InChI=1S/C17H11Cl2NO4S2/c18-9-1-3-11(12(19)7-9)13-4-2-10(24-13)8-14-16(23)20(17(25)26-14)6-5-15(21)22/h1-4,7-8H,5-6H2,(H,21,22). The van der Waals surface area contributed by atoms with Gasteiger partial charge in [-0.2, -0.15) is 0 Å². The van der Waals surface area contributed by atoms with E-state index in [1.165, 1.54) is 4.90 Å². The van der Waals surface area contributed by atoms with E-state index in [1.807, 2.05) is 0 Å². The molecule has 1 aliphatic heterocycles. The Hall–Kier alpha value is -1.80. The molecule has 2 heterocycles. The molecule has 0 atom stereocenters. The van der Waals surface area contributed by atoms with Gasteiger partial charge in [-0.1, -0.05) is 47.2 Å². The molecule has 1 aromatic heterocycles. The molecule has 0 aliphatic carbocycles. The van der Waals surface area contributed by atoms with Crippen LogP contribution in [-0.4, -0.2) is 32.7 Å². The summed E-state index contributed by atoms with van der Waals surface area (Å²) in [5.74, 6) is -0.314. The highest BCUT2D eigenvalue weighted by Crippen LogP contribution is 2.35. The first-order chi connectivity index (χ1) is 12.3. The monoisotopic (exact) mass is 427 g/mol. The van der Waals surface area contributed by atoms with E-state index in [0.717, 1.165) is 11.8 Å². The molecule has 5 nitrogen and oxygen atoms in total. The average Bonchev–Trinajstić information content (AvgIpc) is 3.11. The highest BCUT2D eigenvalue weighted by atomic mass is 35.5. The topological polar surface area (TPSA) is 70.8 Å². The Morgan fingerprint density at radius 2 is 2.08 bits per heavy atom. The van der Waals surface area contributed by atoms with Gasteiger partial charge in [0, 0.05) is 23.2 Å². The van der Waals surface area contributed by atoms with E-state index < -0.39 is 5.97 Å². The Kier molecular flexibility index (Phi) is 5.72. The van der Waals surface area contributed by atoms with Crippen LogP contribution in [-0.2, 0) is 9.59 Å². The number of carbonyl (C=O) groups excluding carboxylic acids is 1. The Morgan fingerprint density at radius 1 is 1.31 bits per heavy atom. The SMILES string of the molecule is O=C(O)CCN1C(=O)C(=Cc2ccc(-c3ccc(Cl)cc3Cl)o2)SC1=S. The van der Waals surface area contributed by atoms with Crippen LogP contribution in [0.1, 0.15) is 12.2 Å². The zero-order valence-electron chi connectivity index (χ0n) is 13.1. The van der Waals surface area contributed by atoms with Crippen LogP contribution in [0.4, 0.5) is 0 Å². The van der Waals surface area contributed by atoms with Crippen molar-refractivity contribution in [3.63, 3.8) is 0 Å². The first kappa shape index (κ1) is 19.0. The predicted molar refractivity (Wildman–Crippen MR) is 106 cm³/mol. The van der Waals surface area contributed by atoms with Crippen molar-refractivity contribution >= 4 is 69.5 Å². The van der Waals surface area contributed by atoms with E-state index in [1.54, 1.807) is 36.4 Å². The zero-order valence-corrected chi connectivity index (χ0v) is 16.2. The fraction of sp³-hybridized carbons (Fsp3) is 0.118. The van der Waals surface area contributed by atoms with E-state index in [2.05, 4.69) is 0 Å². The normalized spacial score (nSPS) is 15.9. The molecule has 134 valence electrons. The lowest BCUT2D eigenvalue weighted by Crippen LogP contribution is -2.30. The second-order valence-corrected chi connectivity index (χ2v) is 7.82. The van der Waals surface area contributed by atoms with Crippen LogP contribution in [0.3, 0.4) is 0 Å². The van der Waals surface area contributed by atoms with Gasteiger partial charge in [0.1, 0.15) is 15.8 Å². The highest BCUT2D eigenvalue weighted by Gasteiger charge is 2.32. The smallest absolute Gasteiger partial charge is 0.305 e. The summed E-state index contributed by atoms with van der Waals surface area (Å²) < 4.78 is 6.07. The number of hydrogen-bond acceptors (Lipinski definition) is 5. The van der Waals surface area contributed by atoms with Crippen LogP contribution < -0.4 is 0 Å². The number of halogens is 2. The second-order valence-electron chi connectivity index (χ2n) is 5.30. The number of nitrogens with zero attached hydrogens (tertiary/aromatic N) is 1. The third kappa shape index (κ3) is 4.12. The molecule has 1 amide bonds. The summed E-state index contributed by atoms with van der Waals surface area (Å²) in [7, 11) is 0. The number of thiocarbonyl (C=S) groups is 1. The highest BCUT2D eigenvalue weighted by molar-refractivity contribution is 8.26. The fourth-order valence-corrected chi connectivity index (χ4v) is 4.08. The van der Waals surface area contributed by atoms with E-state index in [-0.39, 0.29) is 18.9 Å². The third-order valence-corrected chi connectivity index (χ3v) is 5.45. The summed E-state index contributed by atoms with van der Waals surface area (Å²) in [4.78, 5) is 24.7. The van der Waals surface area contributed by atoms with E-state index in [0.29, 0.717) is 36.4 Å². The molecular formula is C17H11Cl2NO4S2. The fourth-order valence-electron chi connectivity index (χ4n) is 2.29. The van der Waals surface area contributed by atoms with Gasteiger partial charge in [-0.15, -0.1) is 0 Å². The lowest BCUT2D eigenvalue weighted by atomic mass is 10.2. The number of rotatable bonds is 5. The van der Waals surface area contributed by atoms with E-state index >= 15 is 0 Å². The molecule has 0 bridgehead atoms. The minimum Gasteiger partial charge on any atom is -0.481 e. The van der Waals surface area contributed by atoms with Crippen molar-refractivity contribution < 1.29 is 19.1 Å². The first-order valence-corrected chi connectivity index (χ1v) is 9.35. The number of furan rings is 1. The maximum Gasteiger partial charge on any atom is 0.305 e. The third-order valence-electron chi connectivity index (χ3n) is 3.52. The van der Waals surface area contributed by atoms with Crippen molar-refractivity contribution in [2.45, 2.75) is 6.42 Å². The van der Waals surface area contributed by atoms with Gasteiger partial charge in [-0.3, -0.25) is 14.5 Å². The molecule has 0 radical (unpaired) electrons. The maximum atomic E-state index is 12.4. The Bertz CT molecular complexity index is 939. The molecule has 9 heteroatoms. The van der Waals surface area contributed by atoms with Crippen LogP contribution in [0.2, 0.25) is 10.0 Å². The van der Waals surface area contributed by atoms with Gasteiger partial charge in [0.2, 0.25) is 0 Å². The zero-order chi connectivity index (χ0) is 18.8. The summed E-state index contributed by atoms with van der Waals surface area (Å²) in [6, 6.07) is 8.53. The summed E-state index contributed by atoms with van der Waals surface area (Å²) in [5, 5.41) is 9.74. The van der Waals surface area contributed by atoms with Crippen molar-refractivity contribution in [1.29, 1.82) is 0 Å². The van der Waals surface area contributed by atoms with Gasteiger partial charge in [0.15, 0.2) is 0 Å². The summed E-state index contributed by atoms with van der Waals surface area (Å²) in [5.41, 5.74) is 0.685. The van der Waals surface area contributed by atoms with Crippen LogP contribution in [0.5, 0.6) is 0 Å². The van der Waals surface area contributed by atoms with Crippen molar-refractivity contribution in [3.8, 4) is 11.3 Å². The molecule has 1 saturated heterocycles. The quantitative estimate of drug-likeness (QED) is 0.538. The minimum atomic E-state index is -0.987. The van der Waals surface area contributed by atoms with Crippen molar-refractivity contribution in [3.05, 3.63) is 51.0 Å². The Morgan fingerprint density at radius 3 is 2.77 bits per heavy atom. The molecule has 0 unspecified atom stereocenters. The van der Waals surface area contributed by atoms with E-state index in [9.17, 15) is 9.59 Å². The number of benzene rings is 1. The number of amides is 1. The number of carbonyl (C=O) groups is 2. The van der Waals surface area contributed by atoms with Gasteiger partial charge in [-0.25, -0.2) is 0 Å². The average molecular weight is 428 g/mol. The van der Waals surface area contributed by atoms with E-state index in [4.69, 9.17) is 44.9 Å². The number of carboxylic acids is 1. The molecule has 2 aromatic rings. The number of carboxylic acid groups (broad SMARTS) is 1. The lowest BCUT2D eigenvalue weighted by Gasteiger charge is -2.12. The van der Waals surface area contributed by atoms with Crippen molar-refractivity contribution in [1.82, 2.24) is 4.90 Å². The number of aliphatic carboxylic acids is 1. The number of hydrogen-bond donors (Lipinski definition) is 1. The van der Waals surface area contributed by atoms with Gasteiger partial charge < -0.3 is 9.52 Å². The molecular weight excluding hydrogens is 417 g/mol. The molecule has 1 fully saturated rings. The molecule has 0 saturated carbocycles. The minimum absolute atomic E-state index is 0.0428. The van der Waals surface area contributed by atoms with Crippen LogP contribution in [0.25, 0.3) is 17.4 Å². The predicted octanol–water partition coefficient (Wildman–Crippen LogP) is 4.93. The van der Waals surface area contributed by atoms with Crippen LogP contribution >= 0.6 is 47.2 Å². The maximum absolute atomic E-state index is 12.4. The van der Waals surface area contributed by atoms with Crippen LogP contribution in [0.15, 0.2) is 39.7 Å². The van der Waals surface area contributed by atoms with Crippen molar-refractivity contribution in [2.75, 3.05) is 6.54 Å². The van der Waals surface area contributed by atoms with Gasteiger partial charge in [-0.05, 0) is 30.3 Å². The molecule has 1 aromatic carbocycles. The van der Waals surface area contributed by atoms with Gasteiger partial charge in [0.25, 0.3) is 5.91 Å². The van der Waals surface area contributed by atoms with Crippen LogP contribution in [0, 0.1) is 0 Å². The van der Waals surface area contributed by atoms with Crippen molar-refractivity contribution in [2.24, 2.45) is 0 Å². The molecule has 26 heavy (non-hydrogen) atoms. The number of thioether (sulfide) groups is 1. The Balaban J connectivity index is 1.81. The first-order valence-electron chi connectivity index (χ1n) is 7.37. The molecule has 3 rings (SSSR count). The largest absolute Gasteiger partial charge is 0.481 e. The summed E-state index contributed by atoms with van der Waals surface area (Å²) in [6.07, 6.45) is 1.41. The molecule has 1 aliphatic rings. The molecule has 0 spiro atoms. The summed E-state index contributed by atoms with van der Waals surface area (Å²) >= 11 is 18.3. The summed E-state index contributed by atoms with van der Waals surface area (Å²) in [6.45, 7) is 0.0428. The van der Waals surface area contributed by atoms with Gasteiger partial charge >= 0.3 is 5.97 Å². The lowest BCUT2D eigenvalue weighted by molar-refractivity contribution is -0.137. The van der Waals surface area contributed by atoms with Gasteiger partial charge in [0.05, 0.1) is 16.3 Å². The Labute approximate surface area is 168 Å².